The van der Waals surface area contributed by atoms with Crippen molar-refractivity contribution < 1.29 is 9.50 Å². The minimum atomic E-state index is -0.600. The topological polar surface area (TPSA) is 56.7 Å². The van der Waals surface area contributed by atoms with Gasteiger partial charge in [0.2, 0.25) is 0 Å². The standard InChI is InChI=1S/C16H24FN3OS.HI/c1-18-16(20-12-4-3-5-13(9-12)22-2)19-10-11-6-7-15(21)14(17)8-11;/h6-8,12-13,21H,3-5,9-10H2,1-2H3,(H2,18,19,20);1H. The number of nitrogens with one attached hydrogen (secondary N) is 2. The van der Waals surface area contributed by atoms with E-state index in [9.17, 15) is 9.50 Å². The molecule has 0 saturated heterocycles. The summed E-state index contributed by atoms with van der Waals surface area (Å²) >= 11 is 1.93. The summed E-state index contributed by atoms with van der Waals surface area (Å²) in [5.74, 6) is -0.186. The van der Waals surface area contributed by atoms with Crippen molar-refractivity contribution in [2.24, 2.45) is 4.99 Å². The number of benzene rings is 1. The number of hydrogen-bond donors (Lipinski definition) is 3. The Hall–Kier alpha value is -0.700. The van der Waals surface area contributed by atoms with Crippen LogP contribution in [0.25, 0.3) is 0 Å². The third kappa shape index (κ3) is 6.37. The Morgan fingerprint density at radius 3 is 2.87 bits per heavy atom. The number of guanidine groups is 1. The summed E-state index contributed by atoms with van der Waals surface area (Å²) in [5.41, 5.74) is 0.767. The van der Waals surface area contributed by atoms with Crippen molar-refractivity contribution in [1.29, 1.82) is 0 Å². The van der Waals surface area contributed by atoms with E-state index in [0.29, 0.717) is 12.6 Å². The molecular formula is C16H25FIN3OS. The molecule has 3 N–H and O–H groups in total. The van der Waals surface area contributed by atoms with Crippen LogP contribution in [0, 0.1) is 5.82 Å². The Labute approximate surface area is 158 Å². The summed E-state index contributed by atoms with van der Waals surface area (Å²) in [6, 6.07) is 4.84. The van der Waals surface area contributed by atoms with Gasteiger partial charge < -0.3 is 15.7 Å². The molecule has 2 rings (SSSR count). The molecule has 0 amide bonds. The number of phenols is 1. The number of aromatic hydroxyl groups is 1. The van der Waals surface area contributed by atoms with E-state index < -0.39 is 5.82 Å². The predicted octanol–water partition coefficient (Wildman–Crippen LogP) is 3.49. The molecule has 2 unspecified atom stereocenters. The zero-order valence-electron chi connectivity index (χ0n) is 13.5. The minimum absolute atomic E-state index is 0. The highest BCUT2D eigenvalue weighted by Gasteiger charge is 2.21. The fourth-order valence-electron chi connectivity index (χ4n) is 2.72. The van der Waals surface area contributed by atoms with Crippen LogP contribution in [0.15, 0.2) is 23.2 Å². The molecule has 130 valence electrons. The summed E-state index contributed by atoms with van der Waals surface area (Å²) in [6.07, 6.45) is 7.00. The van der Waals surface area contributed by atoms with Gasteiger partial charge in [-0.1, -0.05) is 12.5 Å². The molecule has 1 aromatic rings. The second-order valence-corrected chi connectivity index (χ2v) is 6.72. The number of thioether (sulfide) groups is 1. The van der Waals surface area contributed by atoms with Crippen LogP contribution in [0.3, 0.4) is 0 Å². The van der Waals surface area contributed by atoms with Crippen molar-refractivity contribution in [3.8, 4) is 5.75 Å². The number of hydrogen-bond acceptors (Lipinski definition) is 3. The zero-order valence-corrected chi connectivity index (χ0v) is 16.7. The lowest BCUT2D eigenvalue weighted by Crippen LogP contribution is -2.45. The number of halogens is 2. The van der Waals surface area contributed by atoms with Crippen LogP contribution in [0.2, 0.25) is 0 Å². The van der Waals surface area contributed by atoms with Gasteiger partial charge in [0.25, 0.3) is 0 Å². The first-order chi connectivity index (χ1) is 10.6. The average molecular weight is 453 g/mol. The quantitative estimate of drug-likeness (QED) is 0.371. The molecule has 0 aromatic heterocycles. The van der Waals surface area contributed by atoms with Crippen molar-refractivity contribution in [2.75, 3.05) is 13.3 Å². The van der Waals surface area contributed by atoms with E-state index in [1.54, 1.807) is 13.1 Å². The van der Waals surface area contributed by atoms with E-state index in [-0.39, 0.29) is 29.7 Å². The number of aliphatic imine (C=N–C) groups is 1. The molecule has 4 nitrogen and oxygen atoms in total. The van der Waals surface area contributed by atoms with E-state index >= 15 is 0 Å². The largest absolute Gasteiger partial charge is 0.505 e. The van der Waals surface area contributed by atoms with Crippen LogP contribution < -0.4 is 10.6 Å². The Balaban J connectivity index is 0.00000264. The van der Waals surface area contributed by atoms with Gasteiger partial charge in [0.15, 0.2) is 17.5 Å². The van der Waals surface area contributed by atoms with Crippen LogP contribution in [0.4, 0.5) is 4.39 Å². The van der Waals surface area contributed by atoms with Crippen molar-refractivity contribution in [1.82, 2.24) is 10.6 Å². The zero-order chi connectivity index (χ0) is 15.9. The molecule has 2 atom stereocenters. The normalized spacial score (nSPS) is 21.4. The molecule has 0 spiro atoms. The maximum absolute atomic E-state index is 13.3. The lowest BCUT2D eigenvalue weighted by molar-refractivity contribution is 0.419. The molecular weight excluding hydrogens is 428 g/mol. The van der Waals surface area contributed by atoms with Gasteiger partial charge in [0.1, 0.15) is 0 Å². The van der Waals surface area contributed by atoms with E-state index in [0.717, 1.165) is 29.6 Å². The first kappa shape index (κ1) is 20.3. The molecule has 1 saturated carbocycles. The minimum Gasteiger partial charge on any atom is -0.505 e. The second-order valence-electron chi connectivity index (χ2n) is 5.58. The SMILES string of the molecule is CN=C(NCc1ccc(O)c(F)c1)NC1CCCC(SC)C1.I. The highest BCUT2D eigenvalue weighted by molar-refractivity contribution is 14.0. The molecule has 0 bridgehead atoms. The molecule has 7 heteroatoms. The summed E-state index contributed by atoms with van der Waals surface area (Å²) < 4.78 is 13.3. The van der Waals surface area contributed by atoms with Gasteiger partial charge in [-0.15, -0.1) is 24.0 Å². The molecule has 0 radical (unpaired) electrons. The monoisotopic (exact) mass is 453 g/mol. The first-order valence-corrected chi connectivity index (χ1v) is 8.88. The van der Waals surface area contributed by atoms with Crippen LogP contribution in [0.1, 0.15) is 31.2 Å². The summed E-state index contributed by atoms with van der Waals surface area (Å²) in [5, 5.41) is 16.6. The van der Waals surface area contributed by atoms with E-state index in [1.165, 1.54) is 25.0 Å². The fraction of sp³-hybridized carbons (Fsp3) is 0.562. The third-order valence-corrected chi connectivity index (χ3v) is 5.09. The maximum atomic E-state index is 13.3. The van der Waals surface area contributed by atoms with Crippen LogP contribution in [0.5, 0.6) is 5.75 Å². The predicted molar refractivity (Wildman–Crippen MR) is 106 cm³/mol. The van der Waals surface area contributed by atoms with Gasteiger partial charge in [-0.2, -0.15) is 11.8 Å². The van der Waals surface area contributed by atoms with Gasteiger partial charge >= 0.3 is 0 Å². The maximum Gasteiger partial charge on any atom is 0.191 e. The first-order valence-electron chi connectivity index (χ1n) is 7.59. The van der Waals surface area contributed by atoms with Crippen molar-refractivity contribution in [2.45, 2.75) is 43.5 Å². The Morgan fingerprint density at radius 2 is 2.22 bits per heavy atom. The van der Waals surface area contributed by atoms with Gasteiger partial charge in [0.05, 0.1) is 0 Å². The molecule has 1 aliphatic carbocycles. The molecule has 0 aliphatic heterocycles. The lowest BCUT2D eigenvalue weighted by Gasteiger charge is -2.29. The third-order valence-electron chi connectivity index (χ3n) is 4.00. The van der Waals surface area contributed by atoms with Crippen LogP contribution in [-0.2, 0) is 6.54 Å². The molecule has 0 heterocycles. The lowest BCUT2D eigenvalue weighted by atomic mass is 9.95. The number of nitrogens with zero attached hydrogens (tertiary/aromatic N) is 1. The Morgan fingerprint density at radius 1 is 1.43 bits per heavy atom. The number of phenolic OH excluding ortho intramolecular Hbond substituents is 1. The highest BCUT2D eigenvalue weighted by Crippen LogP contribution is 2.26. The van der Waals surface area contributed by atoms with E-state index in [1.807, 2.05) is 11.8 Å². The van der Waals surface area contributed by atoms with E-state index in [4.69, 9.17) is 0 Å². The Bertz CT molecular complexity index is 530. The second kappa shape index (κ2) is 10.2. The van der Waals surface area contributed by atoms with Crippen LogP contribution in [-0.4, -0.2) is 35.7 Å². The van der Waals surface area contributed by atoms with Crippen molar-refractivity contribution >= 4 is 41.7 Å². The Kier molecular flexibility index (Phi) is 9.04. The van der Waals surface area contributed by atoms with Gasteiger partial charge in [-0.3, -0.25) is 4.99 Å². The average Bonchev–Trinajstić information content (AvgIpc) is 2.54. The molecule has 1 fully saturated rings. The summed E-state index contributed by atoms with van der Waals surface area (Å²) in [4.78, 5) is 4.23. The van der Waals surface area contributed by atoms with Gasteiger partial charge in [-0.25, -0.2) is 4.39 Å². The smallest absolute Gasteiger partial charge is 0.191 e. The van der Waals surface area contributed by atoms with Gasteiger partial charge in [-0.05, 0) is 43.2 Å². The van der Waals surface area contributed by atoms with Crippen molar-refractivity contribution in [3.05, 3.63) is 29.6 Å². The highest BCUT2D eigenvalue weighted by atomic mass is 127. The summed E-state index contributed by atoms with van der Waals surface area (Å²) in [7, 11) is 1.74. The summed E-state index contributed by atoms with van der Waals surface area (Å²) in [6.45, 7) is 0.468. The van der Waals surface area contributed by atoms with Gasteiger partial charge in [0, 0.05) is 24.9 Å². The molecule has 1 aromatic carbocycles. The van der Waals surface area contributed by atoms with Crippen LogP contribution >= 0.6 is 35.7 Å². The number of rotatable bonds is 4. The molecule has 1 aliphatic rings. The van der Waals surface area contributed by atoms with Crippen molar-refractivity contribution in [3.63, 3.8) is 0 Å². The van der Waals surface area contributed by atoms with E-state index in [2.05, 4.69) is 21.9 Å². The fourth-order valence-corrected chi connectivity index (χ4v) is 3.55. The molecule has 23 heavy (non-hydrogen) atoms.